The van der Waals surface area contributed by atoms with E-state index in [9.17, 15) is 9.59 Å². The topological polar surface area (TPSA) is 94.3 Å². The first kappa shape index (κ1) is 19.1. The number of nitrogens with zero attached hydrogens (tertiary/aromatic N) is 1. The first-order valence-electron chi connectivity index (χ1n) is 8.80. The summed E-state index contributed by atoms with van der Waals surface area (Å²) in [6, 6.07) is 15.9. The maximum absolute atomic E-state index is 12.3. The summed E-state index contributed by atoms with van der Waals surface area (Å²) in [7, 11) is 0. The average molecular weight is 375 g/mol. The molecule has 0 aliphatic heterocycles. The highest BCUT2D eigenvalue weighted by Gasteiger charge is 2.09. The zero-order chi connectivity index (χ0) is 20.1. The smallest absolute Gasteiger partial charge is 0.251 e. The molecular formula is C22H21N3O3. The van der Waals surface area contributed by atoms with Crippen LogP contribution in [0.25, 0.3) is 0 Å². The third-order valence-electron chi connectivity index (χ3n) is 4.22. The van der Waals surface area contributed by atoms with Crippen molar-refractivity contribution in [3.63, 3.8) is 0 Å². The molecule has 0 aliphatic rings. The van der Waals surface area contributed by atoms with Crippen molar-refractivity contribution in [3.05, 3.63) is 88.6 Å². The number of nitrogens with one attached hydrogen (secondary N) is 1. The van der Waals surface area contributed by atoms with Gasteiger partial charge in [0.1, 0.15) is 5.75 Å². The normalized spacial score (nSPS) is 10.4. The molecule has 3 rings (SSSR count). The Labute approximate surface area is 163 Å². The van der Waals surface area contributed by atoms with Crippen LogP contribution in [0.1, 0.15) is 37.4 Å². The predicted octanol–water partition coefficient (Wildman–Crippen LogP) is 3.52. The zero-order valence-corrected chi connectivity index (χ0v) is 15.7. The van der Waals surface area contributed by atoms with Gasteiger partial charge >= 0.3 is 0 Å². The van der Waals surface area contributed by atoms with Crippen LogP contribution in [0.4, 0.5) is 0 Å². The van der Waals surface area contributed by atoms with Gasteiger partial charge in [0.05, 0.1) is 0 Å². The summed E-state index contributed by atoms with van der Waals surface area (Å²) in [6.45, 7) is 4.28. The van der Waals surface area contributed by atoms with Crippen LogP contribution in [0, 0.1) is 13.8 Å². The number of carbonyl (C=O) groups excluding carboxylic acids is 2. The number of amides is 2. The number of rotatable bonds is 6. The number of hydrogen-bond acceptors (Lipinski definition) is 4. The number of ether oxygens (including phenoxy) is 1. The zero-order valence-electron chi connectivity index (χ0n) is 15.7. The van der Waals surface area contributed by atoms with Gasteiger partial charge in [-0.1, -0.05) is 24.3 Å². The van der Waals surface area contributed by atoms with Crippen molar-refractivity contribution in [2.45, 2.75) is 20.4 Å². The molecule has 0 saturated carbocycles. The highest BCUT2D eigenvalue weighted by Crippen LogP contribution is 2.24. The van der Waals surface area contributed by atoms with Gasteiger partial charge in [0, 0.05) is 29.9 Å². The summed E-state index contributed by atoms with van der Waals surface area (Å²) in [5, 5.41) is 2.80. The van der Waals surface area contributed by atoms with Gasteiger partial charge in [-0.2, -0.15) is 0 Å². The quantitative estimate of drug-likeness (QED) is 0.689. The lowest BCUT2D eigenvalue weighted by Gasteiger charge is -2.10. The van der Waals surface area contributed by atoms with E-state index in [0.29, 0.717) is 23.6 Å². The molecule has 0 bridgehead atoms. The number of hydrogen-bond donors (Lipinski definition) is 2. The minimum absolute atomic E-state index is 0.293. The Hall–Kier alpha value is -3.67. The molecule has 1 heterocycles. The van der Waals surface area contributed by atoms with Crippen LogP contribution in [-0.2, 0) is 6.54 Å². The molecule has 2 aromatic carbocycles. The monoisotopic (exact) mass is 375 g/mol. The Balaban J connectivity index is 1.61. The maximum atomic E-state index is 12.3. The Bertz CT molecular complexity index is 1010. The molecule has 28 heavy (non-hydrogen) atoms. The molecule has 142 valence electrons. The molecule has 0 aliphatic carbocycles. The second kappa shape index (κ2) is 8.35. The van der Waals surface area contributed by atoms with Gasteiger partial charge in [-0.15, -0.1) is 0 Å². The van der Waals surface area contributed by atoms with Gasteiger partial charge in [-0.3, -0.25) is 9.59 Å². The fourth-order valence-corrected chi connectivity index (χ4v) is 2.60. The minimum atomic E-state index is -0.571. The number of pyridine rings is 1. The second-order valence-corrected chi connectivity index (χ2v) is 6.50. The van der Waals surface area contributed by atoms with Crippen LogP contribution in [0.3, 0.4) is 0 Å². The number of aryl methyl sites for hydroxylation is 2. The first-order valence-corrected chi connectivity index (χ1v) is 8.80. The van der Waals surface area contributed by atoms with Gasteiger partial charge < -0.3 is 15.8 Å². The Morgan fingerprint density at radius 2 is 1.82 bits per heavy atom. The van der Waals surface area contributed by atoms with Gasteiger partial charge in [0.25, 0.3) is 5.91 Å². The SMILES string of the molecule is Cc1ccc(C)c(Oc2ccc(CNC(=O)c3cccc(C(N)=O)c3)cn2)c1. The van der Waals surface area contributed by atoms with E-state index in [0.717, 1.165) is 22.4 Å². The van der Waals surface area contributed by atoms with Crippen molar-refractivity contribution in [3.8, 4) is 11.6 Å². The van der Waals surface area contributed by atoms with Crippen LogP contribution >= 0.6 is 0 Å². The van der Waals surface area contributed by atoms with E-state index in [-0.39, 0.29) is 5.91 Å². The second-order valence-electron chi connectivity index (χ2n) is 6.50. The number of nitrogens with two attached hydrogens (primary N) is 1. The molecule has 1 aromatic heterocycles. The molecule has 0 radical (unpaired) electrons. The standard InChI is InChI=1S/C22H21N3O3/c1-14-6-7-15(2)19(10-14)28-20-9-8-16(12-24-20)13-25-22(27)18-5-3-4-17(11-18)21(23)26/h3-12H,13H2,1-2H3,(H2,23,26)(H,25,27). The first-order chi connectivity index (χ1) is 13.4. The van der Waals surface area contributed by atoms with Crippen molar-refractivity contribution in [2.24, 2.45) is 5.73 Å². The van der Waals surface area contributed by atoms with E-state index in [1.807, 2.05) is 38.1 Å². The van der Waals surface area contributed by atoms with Gasteiger partial charge in [0.15, 0.2) is 0 Å². The fraction of sp³-hybridized carbons (Fsp3) is 0.136. The van der Waals surface area contributed by atoms with Crippen molar-refractivity contribution in [1.82, 2.24) is 10.3 Å². The maximum Gasteiger partial charge on any atom is 0.251 e. The lowest BCUT2D eigenvalue weighted by molar-refractivity contribution is 0.0951. The van der Waals surface area contributed by atoms with Crippen molar-refractivity contribution in [1.29, 1.82) is 0 Å². The summed E-state index contributed by atoms with van der Waals surface area (Å²) in [4.78, 5) is 27.8. The molecular weight excluding hydrogens is 354 g/mol. The van der Waals surface area contributed by atoms with Crippen molar-refractivity contribution in [2.75, 3.05) is 0 Å². The Morgan fingerprint density at radius 3 is 2.54 bits per heavy atom. The van der Waals surface area contributed by atoms with E-state index in [1.165, 1.54) is 6.07 Å². The summed E-state index contributed by atoms with van der Waals surface area (Å²) >= 11 is 0. The van der Waals surface area contributed by atoms with E-state index in [1.54, 1.807) is 30.5 Å². The van der Waals surface area contributed by atoms with Crippen LogP contribution < -0.4 is 15.8 Å². The molecule has 2 amide bonds. The molecule has 6 nitrogen and oxygen atoms in total. The highest BCUT2D eigenvalue weighted by atomic mass is 16.5. The third-order valence-corrected chi connectivity index (χ3v) is 4.22. The molecule has 0 fully saturated rings. The van der Waals surface area contributed by atoms with Crippen molar-refractivity contribution < 1.29 is 14.3 Å². The van der Waals surface area contributed by atoms with Crippen LogP contribution in [0.2, 0.25) is 0 Å². The van der Waals surface area contributed by atoms with E-state index in [2.05, 4.69) is 10.3 Å². The Kier molecular flexibility index (Phi) is 5.69. The lowest BCUT2D eigenvalue weighted by Crippen LogP contribution is -2.23. The van der Waals surface area contributed by atoms with Gasteiger partial charge in [-0.05, 0) is 54.8 Å². The summed E-state index contributed by atoms with van der Waals surface area (Å²) in [5.41, 5.74) is 8.88. The van der Waals surface area contributed by atoms with Gasteiger partial charge in [0.2, 0.25) is 11.8 Å². The van der Waals surface area contributed by atoms with Crippen LogP contribution in [0.5, 0.6) is 11.6 Å². The Morgan fingerprint density at radius 1 is 1.04 bits per heavy atom. The molecule has 0 atom stereocenters. The summed E-state index contributed by atoms with van der Waals surface area (Å²) in [6.07, 6.45) is 1.65. The molecule has 0 spiro atoms. The van der Waals surface area contributed by atoms with E-state index in [4.69, 9.17) is 10.5 Å². The summed E-state index contributed by atoms with van der Waals surface area (Å²) < 4.78 is 5.83. The molecule has 0 saturated heterocycles. The number of aromatic nitrogens is 1. The number of benzene rings is 2. The van der Waals surface area contributed by atoms with E-state index < -0.39 is 5.91 Å². The van der Waals surface area contributed by atoms with Gasteiger partial charge in [-0.25, -0.2) is 4.98 Å². The molecule has 6 heteroatoms. The molecule has 3 N–H and O–H groups in total. The largest absolute Gasteiger partial charge is 0.439 e. The average Bonchev–Trinajstić information content (AvgIpc) is 2.70. The highest BCUT2D eigenvalue weighted by molar-refractivity contribution is 5.99. The molecule has 0 unspecified atom stereocenters. The van der Waals surface area contributed by atoms with E-state index >= 15 is 0 Å². The summed E-state index contributed by atoms with van der Waals surface area (Å²) in [5.74, 6) is 0.387. The minimum Gasteiger partial charge on any atom is -0.439 e. The molecule has 3 aromatic rings. The third kappa shape index (κ3) is 4.73. The lowest BCUT2D eigenvalue weighted by atomic mass is 10.1. The fourth-order valence-electron chi connectivity index (χ4n) is 2.60. The number of primary amides is 1. The van der Waals surface area contributed by atoms with Crippen LogP contribution in [0.15, 0.2) is 60.8 Å². The van der Waals surface area contributed by atoms with Crippen molar-refractivity contribution >= 4 is 11.8 Å². The van der Waals surface area contributed by atoms with Crippen LogP contribution in [-0.4, -0.2) is 16.8 Å². The predicted molar refractivity (Wildman–Crippen MR) is 106 cm³/mol. The number of carbonyl (C=O) groups is 2.